The molecule has 3 heterocycles. The summed E-state index contributed by atoms with van der Waals surface area (Å²) in [7, 11) is 0. The molecule has 114 valence electrons. The fraction of sp³-hybridized carbons (Fsp3) is 0.267. The molecular formula is C15H15N3O4. The first-order valence-electron chi connectivity index (χ1n) is 6.95. The van der Waals surface area contributed by atoms with Crippen LogP contribution in [0.1, 0.15) is 17.4 Å². The second-order valence-electron chi connectivity index (χ2n) is 4.77. The van der Waals surface area contributed by atoms with Gasteiger partial charge in [-0.05, 0) is 25.1 Å². The number of rotatable bonds is 5. The first-order valence-corrected chi connectivity index (χ1v) is 6.95. The van der Waals surface area contributed by atoms with Crippen molar-refractivity contribution in [2.75, 3.05) is 13.2 Å². The molecule has 0 aliphatic heterocycles. The smallest absolute Gasteiger partial charge is 0.352 e. The number of fused-ring (bicyclic) bond motifs is 2. The Kier molecular flexibility index (Phi) is 3.64. The van der Waals surface area contributed by atoms with Gasteiger partial charge < -0.3 is 14.4 Å². The minimum Gasteiger partial charge on any atom is -0.477 e. The molecule has 0 saturated heterocycles. The standard InChI is InChI=1S/C15H15N3O4/c1-2-22-8-7-17-11(15(20)21)9-10-13(17)16-12-5-3-4-6-18(12)14(10)19/h3-6,9H,2,7-8H2,1H3,(H,20,21). The van der Waals surface area contributed by atoms with Crippen molar-refractivity contribution >= 4 is 22.6 Å². The minimum atomic E-state index is -1.09. The molecule has 0 aromatic carbocycles. The first-order chi connectivity index (χ1) is 10.6. The topological polar surface area (TPSA) is 85.8 Å². The lowest BCUT2D eigenvalue weighted by Gasteiger charge is -2.08. The summed E-state index contributed by atoms with van der Waals surface area (Å²) in [6, 6.07) is 6.59. The maximum atomic E-state index is 12.5. The van der Waals surface area contributed by atoms with E-state index in [1.54, 1.807) is 24.4 Å². The SMILES string of the molecule is CCOCCn1c(C(=O)O)cc2c(=O)n3ccccc3nc21. The molecule has 0 amide bonds. The van der Waals surface area contributed by atoms with Crippen molar-refractivity contribution in [3.8, 4) is 0 Å². The highest BCUT2D eigenvalue weighted by atomic mass is 16.5. The Bertz CT molecular complexity index is 910. The van der Waals surface area contributed by atoms with Crippen LogP contribution in [-0.4, -0.2) is 38.2 Å². The van der Waals surface area contributed by atoms with Gasteiger partial charge in [0.15, 0.2) is 0 Å². The van der Waals surface area contributed by atoms with Gasteiger partial charge >= 0.3 is 5.97 Å². The zero-order chi connectivity index (χ0) is 15.7. The van der Waals surface area contributed by atoms with E-state index in [0.29, 0.717) is 31.1 Å². The van der Waals surface area contributed by atoms with E-state index < -0.39 is 5.97 Å². The fourth-order valence-electron chi connectivity index (χ4n) is 2.46. The zero-order valence-corrected chi connectivity index (χ0v) is 12.0. The van der Waals surface area contributed by atoms with E-state index >= 15 is 0 Å². The highest BCUT2D eigenvalue weighted by molar-refractivity contribution is 5.93. The maximum absolute atomic E-state index is 12.5. The molecule has 0 unspecified atom stereocenters. The normalized spacial score (nSPS) is 11.3. The molecule has 7 nitrogen and oxygen atoms in total. The van der Waals surface area contributed by atoms with Crippen LogP contribution in [0.3, 0.4) is 0 Å². The lowest BCUT2D eigenvalue weighted by atomic mass is 10.3. The summed E-state index contributed by atoms with van der Waals surface area (Å²) in [6.45, 7) is 3.09. The molecular weight excluding hydrogens is 286 g/mol. The van der Waals surface area contributed by atoms with Crippen molar-refractivity contribution in [1.29, 1.82) is 0 Å². The van der Waals surface area contributed by atoms with Crippen LogP contribution in [0.5, 0.6) is 0 Å². The lowest BCUT2D eigenvalue weighted by molar-refractivity contribution is 0.0682. The number of hydrogen-bond acceptors (Lipinski definition) is 4. The first kappa shape index (κ1) is 14.3. The predicted molar refractivity (Wildman–Crippen MR) is 80.4 cm³/mol. The van der Waals surface area contributed by atoms with Crippen LogP contribution in [0, 0.1) is 0 Å². The molecule has 3 aromatic rings. The van der Waals surface area contributed by atoms with E-state index in [-0.39, 0.29) is 16.6 Å². The quantitative estimate of drug-likeness (QED) is 0.720. The number of carboxylic acid groups (broad SMARTS) is 1. The predicted octanol–water partition coefficient (Wildman–Crippen LogP) is 1.38. The Labute approximate surface area is 125 Å². The summed E-state index contributed by atoms with van der Waals surface area (Å²) in [5.41, 5.74) is 0.606. The molecule has 22 heavy (non-hydrogen) atoms. The van der Waals surface area contributed by atoms with Gasteiger partial charge in [-0.15, -0.1) is 0 Å². The van der Waals surface area contributed by atoms with Gasteiger partial charge in [0.1, 0.15) is 17.0 Å². The number of pyridine rings is 1. The molecule has 0 fully saturated rings. The van der Waals surface area contributed by atoms with Crippen LogP contribution in [0.15, 0.2) is 35.3 Å². The molecule has 0 saturated carbocycles. The van der Waals surface area contributed by atoms with Crippen molar-refractivity contribution in [1.82, 2.24) is 14.0 Å². The number of aromatic carboxylic acids is 1. The largest absolute Gasteiger partial charge is 0.477 e. The number of hydrogen-bond donors (Lipinski definition) is 1. The molecule has 0 bridgehead atoms. The molecule has 0 aliphatic rings. The van der Waals surface area contributed by atoms with Crippen molar-refractivity contribution < 1.29 is 14.6 Å². The highest BCUT2D eigenvalue weighted by Crippen LogP contribution is 2.16. The molecule has 0 radical (unpaired) electrons. The zero-order valence-electron chi connectivity index (χ0n) is 12.0. The van der Waals surface area contributed by atoms with Gasteiger partial charge in [-0.25, -0.2) is 9.78 Å². The van der Waals surface area contributed by atoms with Gasteiger partial charge in [0.25, 0.3) is 5.56 Å². The van der Waals surface area contributed by atoms with Gasteiger partial charge in [-0.1, -0.05) is 6.07 Å². The second-order valence-corrected chi connectivity index (χ2v) is 4.77. The van der Waals surface area contributed by atoms with E-state index in [9.17, 15) is 14.7 Å². The summed E-state index contributed by atoms with van der Waals surface area (Å²) >= 11 is 0. The van der Waals surface area contributed by atoms with Crippen LogP contribution in [0.4, 0.5) is 0 Å². The highest BCUT2D eigenvalue weighted by Gasteiger charge is 2.18. The van der Waals surface area contributed by atoms with E-state index in [1.807, 2.05) is 6.92 Å². The number of carbonyl (C=O) groups is 1. The minimum absolute atomic E-state index is 0.0372. The average Bonchev–Trinajstić information content (AvgIpc) is 2.87. The third-order valence-corrected chi connectivity index (χ3v) is 3.46. The Morgan fingerprint density at radius 3 is 2.95 bits per heavy atom. The number of nitrogens with zero attached hydrogens (tertiary/aromatic N) is 3. The van der Waals surface area contributed by atoms with Crippen LogP contribution in [0.25, 0.3) is 16.7 Å². The third kappa shape index (κ3) is 2.25. The Morgan fingerprint density at radius 1 is 1.41 bits per heavy atom. The number of carboxylic acids is 1. The van der Waals surface area contributed by atoms with Crippen molar-refractivity contribution in [3.05, 3.63) is 46.5 Å². The molecule has 1 N–H and O–H groups in total. The summed E-state index contributed by atoms with van der Waals surface area (Å²) in [4.78, 5) is 28.3. The fourth-order valence-corrected chi connectivity index (χ4v) is 2.46. The summed E-state index contributed by atoms with van der Waals surface area (Å²) < 4.78 is 8.20. The summed E-state index contributed by atoms with van der Waals surface area (Å²) in [6.07, 6.45) is 1.61. The Hall–Kier alpha value is -2.67. The summed E-state index contributed by atoms with van der Waals surface area (Å²) in [5.74, 6) is -1.09. The van der Waals surface area contributed by atoms with E-state index in [1.165, 1.54) is 15.0 Å². The van der Waals surface area contributed by atoms with Crippen LogP contribution in [-0.2, 0) is 11.3 Å². The molecule has 0 aliphatic carbocycles. The molecule has 0 spiro atoms. The second kappa shape index (κ2) is 5.61. The van der Waals surface area contributed by atoms with Gasteiger partial charge in [-0.2, -0.15) is 0 Å². The van der Waals surface area contributed by atoms with Crippen molar-refractivity contribution in [2.24, 2.45) is 0 Å². The van der Waals surface area contributed by atoms with Crippen LogP contribution in [0.2, 0.25) is 0 Å². The van der Waals surface area contributed by atoms with E-state index in [0.717, 1.165) is 0 Å². The van der Waals surface area contributed by atoms with Crippen molar-refractivity contribution in [3.63, 3.8) is 0 Å². The molecule has 0 atom stereocenters. The van der Waals surface area contributed by atoms with E-state index in [4.69, 9.17) is 4.74 Å². The molecule has 7 heteroatoms. The van der Waals surface area contributed by atoms with Gasteiger partial charge in [-0.3, -0.25) is 9.20 Å². The van der Waals surface area contributed by atoms with E-state index in [2.05, 4.69) is 4.98 Å². The van der Waals surface area contributed by atoms with Crippen LogP contribution < -0.4 is 5.56 Å². The van der Waals surface area contributed by atoms with Crippen molar-refractivity contribution in [2.45, 2.75) is 13.5 Å². The van der Waals surface area contributed by atoms with Gasteiger partial charge in [0.2, 0.25) is 0 Å². The van der Waals surface area contributed by atoms with Gasteiger partial charge in [0.05, 0.1) is 12.0 Å². The molecule has 3 aromatic heterocycles. The average molecular weight is 301 g/mol. The monoisotopic (exact) mass is 301 g/mol. The van der Waals surface area contributed by atoms with Crippen LogP contribution >= 0.6 is 0 Å². The molecule has 3 rings (SSSR count). The number of ether oxygens (including phenoxy) is 1. The Balaban J connectivity index is 2.28. The third-order valence-electron chi connectivity index (χ3n) is 3.46. The summed E-state index contributed by atoms with van der Waals surface area (Å²) in [5, 5.41) is 9.64. The Morgan fingerprint density at radius 2 is 2.23 bits per heavy atom. The van der Waals surface area contributed by atoms with Gasteiger partial charge in [0, 0.05) is 19.3 Å². The maximum Gasteiger partial charge on any atom is 0.352 e. The number of aromatic nitrogens is 3. The lowest BCUT2D eigenvalue weighted by Crippen LogP contribution is -2.16.